The standard InChI is InChI=1S/C19H29N3/c1-2-7-16(8-3-1)15-22-14-11-20-19-17(9-6-10-18(19)22)21-12-4-5-13-21/h1-3,7-8,17-20H,4-6,9-15H2/t17?,18-,19-/m0/s1. The topological polar surface area (TPSA) is 18.5 Å². The fraction of sp³-hybridized carbons (Fsp3) is 0.684. The minimum atomic E-state index is 0.685. The smallest absolute Gasteiger partial charge is 0.0380 e. The van der Waals surface area contributed by atoms with E-state index in [9.17, 15) is 0 Å². The van der Waals surface area contributed by atoms with Gasteiger partial charge in [0.1, 0.15) is 0 Å². The molecule has 1 saturated carbocycles. The third kappa shape index (κ3) is 2.94. The Bertz CT molecular complexity index is 469. The van der Waals surface area contributed by atoms with Crippen molar-refractivity contribution >= 4 is 0 Å². The van der Waals surface area contributed by atoms with Crippen molar-refractivity contribution in [2.24, 2.45) is 0 Å². The van der Waals surface area contributed by atoms with Crippen molar-refractivity contribution in [2.45, 2.75) is 56.8 Å². The Labute approximate surface area is 134 Å². The van der Waals surface area contributed by atoms with E-state index in [-0.39, 0.29) is 0 Å². The number of nitrogens with zero attached hydrogens (tertiary/aromatic N) is 2. The van der Waals surface area contributed by atoms with Crippen LogP contribution in [0.1, 0.15) is 37.7 Å². The van der Waals surface area contributed by atoms with Gasteiger partial charge in [-0.05, 0) is 44.3 Å². The Morgan fingerprint density at radius 3 is 2.50 bits per heavy atom. The van der Waals surface area contributed by atoms with Gasteiger partial charge in [-0.2, -0.15) is 0 Å². The minimum Gasteiger partial charge on any atom is -0.310 e. The van der Waals surface area contributed by atoms with Gasteiger partial charge in [0.15, 0.2) is 0 Å². The first-order valence-electron chi connectivity index (χ1n) is 9.17. The average Bonchev–Trinajstić information content (AvgIpc) is 3.10. The first-order valence-corrected chi connectivity index (χ1v) is 9.17. The quantitative estimate of drug-likeness (QED) is 0.925. The summed E-state index contributed by atoms with van der Waals surface area (Å²) in [5, 5.41) is 3.88. The Balaban J connectivity index is 1.48. The van der Waals surface area contributed by atoms with Gasteiger partial charge in [0.25, 0.3) is 0 Å². The fourth-order valence-corrected chi connectivity index (χ4v) is 4.87. The van der Waals surface area contributed by atoms with Crippen molar-refractivity contribution < 1.29 is 0 Å². The lowest BCUT2D eigenvalue weighted by molar-refractivity contribution is 0.0278. The molecule has 2 heterocycles. The lowest BCUT2D eigenvalue weighted by atomic mass is 9.82. The maximum absolute atomic E-state index is 3.88. The van der Waals surface area contributed by atoms with Crippen LogP contribution in [0.3, 0.4) is 0 Å². The molecule has 1 aliphatic carbocycles. The van der Waals surface area contributed by atoms with Gasteiger partial charge in [0, 0.05) is 37.8 Å². The first-order chi connectivity index (χ1) is 10.9. The van der Waals surface area contributed by atoms with Crippen LogP contribution in [0.25, 0.3) is 0 Å². The lowest BCUT2D eigenvalue weighted by Crippen LogP contribution is -2.66. The van der Waals surface area contributed by atoms with Crippen molar-refractivity contribution in [1.82, 2.24) is 15.1 Å². The number of hydrogen-bond acceptors (Lipinski definition) is 3. The van der Waals surface area contributed by atoms with Gasteiger partial charge in [0.05, 0.1) is 0 Å². The summed E-state index contributed by atoms with van der Waals surface area (Å²) < 4.78 is 0. The molecule has 0 amide bonds. The second kappa shape index (κ2) is 6.69. The normalized spacial score (nSPS) is 33.7. The van der Waals surface area contributed by atoms with Crippen LogP contribution in [0, 0.1) is 0 Å². The van der Waals surface area contributed by atoms with Gasteiger partial charge in [-0.3, -0.25) is 9.80 Å². The molecule has 1 unspecified atom stereocenters. The summed E-state index contributed by atoms with van der Waals surface area (Å²) in [5.74, 6) is 0. The van der Waals surface area contributed by atoms with Crippen LogP contribution < -0.4 is 5.32 Å². The van der Waals surface area contributed by atoms with Crippen LogP contribution in [-0.4, -0.2) is 54.1 Å². The highest BCUT2D eigenvalue weighted by molar-refractivity contribution is 5.15. The van der Waals surface area contributed by atoms with Gasteiger partial charge >= 0.3 is 0 Å². The first kappa shape index (κ1) is 14.7. The Hall–Kier alpha value is -0.900. The molecular formula is C19H29N3. The summed E-state index contributed by atoms with van der Waals surface area (Å²) in [6, 6.07) is 13.2. The summed E-state index contributed by atoms with van der Waals surface area (Å²) in [7, 11) is 0. The zero-order chi connectivity index (χ0) is 14.8. The lowest BCUT2D eigenvalue weighted by Gasteiger charge is -2.50. The van der Waals surface area contributed by atoms with Gasteiger partial charge in [0.2, 0.25) is 0 Å². The SMILES string of the molecule is c1ccc(CN2CCN[C@H]3C(N4CCCC4)CCC[C@@H]32)cc1. The van der Waals surface area contributed by atoms with E-state index in [2.05, 4.69) is 45.4 Å². The van der Waals surface area contributed by atoms with Gasteiger partial charge in [-0.25, -0.2) is 0 Å². The third-order valence-electron chi connectivity index (χ3n) is 5.92. The van der Waals surface area contributed by atoms with E-state index in [0.717, 1.165) is 25.2 Å². The summed E-state index contributed by atoms with van der Waals surface area (Å²) in [6.45, 7) is 6.13. The van der Waals surface area contributed by atoms with Crippen molar-refractivity contribution in [3.8, 4) is 0 Å². The van der Waals surface area contributed by atoms with Crippen LogP contribution >= 0.6 is 0 Å². The number of piperazine rings is 1. The van der Waals surface area contributed by atoms with Gasteiger partial charge < -0.3 is 5.32 Å². The Kier molecular flexibility index (Phi) is 4.47. The van der Waals surface area contributed by atoms with E-state index >= 15 is 0 Å². The van der Waals surface area contributed by atoms with Gasteiger partial charge in [-0.15, -0.1) is 0 Å². The molecule has 1 aromatic rings. The molecule has 0 radical (unpaired) electrons. The Morgan fingerprint density at radius 1 is 0.909 bits per heavy atom. The number of likely N-dealkylation sites (tertiary alicyclic amines) is 1. The molecule has 2 aliphatic heterocycles. The van der Waals surface area contributed by atoms with Crippen molar-refractivity contribution in [2.75, 3.05) is 26.2 Å². The zero-order valence-electron chi connectivity index (χ0n) is 13.6. The van der Waals surface area contributed by atoms with E-state index in [1.165, 1.54) is 57.3 Å². The number of benzene rings is 1. The predicted octanol–water partition coefficient (Wildman–Crippen LogP) is 2.48. The fourth-order valence-electron chi connectivity index (χ4n) is 4.87. The van der Waals surface area contributed by atoms with E-state index in [1.807, 2.05) is 0 Å². The predicted molar refractivity (Wildman–Crippen MR) is 90.9 cm³/mol. The van der Waals surface area contributed by atoms with Crippen LogP contribution in [0.5, 0.6) is 0 Å². The number of fused-ring (bicyclic) bond motifs is 1. The van der Waals surface area contributed by atoms with Crippen LogP contribution in [0.2, 0.25) is 0 Å². The Morgan fingerprint density at radius 2 is 1.68 bits per heavy atom. The molecule has 4 rings (SSSR count). The zero-order valence-corrected chi connectivity index (χ0v) is 13.6. The highest BCUT2D eigenvalue weighted by Gasteiger charge is 2.41. The highest BCUT2D eigenvalue weighted by atomic mass is 15.3. The molecule has 3 heteroatoms. The van der Waals surface area contributed by atoms with E-state index in [1.54, 1.807) is 0 Å². The number of hydrogen-bond donors (Lipinski definition) is 1. The van der Waals surface area contributed by atoms with Crippen LogP contribution in [0.15, 0.2) is 30.3 Å². The molecule has 120 valence electrons. The molecule has 3 atom stereocenters. The molecule has 1 N–H and O–H groups in total. The second-order valence-electron chi connectivity index (χ2n) is 7.24. The van der Waals surface area contributed by atoms with Crippen molar-refractivity contribution in [3.63, 3.8) is 0 Å². The van der Waals surface area contributed by atoms with E-state index < -0.39 is 0 Å². The molecule has 3 aliphatic rings. The second-order valence-corrected chi connectivity index (χ2v) is 7.24. The summed E-state index contributed by atoms with van der Waals surface area (Å²) in [6.07, 6.45) is 6.97. The largest absolute Gasteiger partial charge is 0.310 e. The van der Waals surface area contributed by atoms with Crippen LogP contribution in [0.4, 0.5) is 0 Å². The summed E-state index contributed by atoms with van der Waals surface area (Å²) in [4.78, 5) is 5.52. The molecule has 3 fully saturated rings. The third-order valence-corrected chi connectivity index (χ3v) is 5.92. The molecule has 0 aromatic heterocycles. The maximum atomic E-state index is 3.88. The van der Waals surface area contributed by atoms with E-state index in [0.29, 0.717) is 6.04 Å². The monoisotopic (exact) mass is 299 g/mol. The van der Waals surface area contributed by atoms with Crippen molar-refractivity contribution in [3.05, 3.63) is 35.9 Å². The molecule has 3 nitrogen and oxygen atoms in total. The summed E-state index contributed by atoms with van der Waals surface area (Å²) >= 11 is 0. The minimum absolute atomic E-state index is 0.685. The van der Waals surface area contributed by atoms with Gasteiger partial charge in [-0.1, -0.05) is 36.8 Å². The molecule has 0 bridgehead atoms. The molecule has 0 spiro atoms. The molecule has 2 saturated heterocycles. The number of nitrogens with one attached hydrogen (secondary N) is 1. The highest BCUT2D eigenvalue weighted by Crippen LogP contribution is 2.31. The molecule has 1 aromatic carbocycles. The maximum Gasteiger partial charge on any atom is 0.0380 e. The summed E-state index contributed by atoms with van der Waals surface area (Å²) in [5.41, 5.74) is 1.46. The molecule has 22 heavy (non-hydrogen) atoms. The van der Waals surface area contributed by atoms with Crippen molar-refractivity contribution in [1.29, 1.82) is 0 Å². The van der Waals surface area contributed by atoms with Crippen LogP contribution in [-0.2, 0) is 6.54 Å². The molecular weight excluding hydrogens is 270 g/mol. The van der Waals surface area contributed by atoms with E-state index in [4.69, 9.17) is 0 Å². The number of rotatable bonds is 3. The average molecular weight is 299 g/mol.